The van der Waals surface area contributed by atoms with Crippen molar-refractivity contribution in [2.75, 3.05) is 19.7 Å². The van der Waals surface area contributed by atoms with Crippen LogP contribution in [0.25, 0.3) is 0 Å². The Labute approximate surface area is 147 Å². The number of aryl methyl sites for hydroxylation is 1. The number of hydrogen-bond acceptors (Lipinski definition) is 3. The molecule has 1 fully saturated rings. The van der Waals surface area contributed by atoms with E-state index in [4.69, 9.17) is 16.3 Å². The average Bonchev–Trinajstić information content (AvgIpc) is 2.89. The monoisotopic (exact) mass is 347 g/mol. The predicted molar refractivity (Wildman–Crippen MR) is 93.5 cm³/mol. The highest BCUT2D eigenvalue weighted by atomic mass is 35.5. The Kier molecular flexibility index (Phi) is 5.21. The van der Waals surface area contributed by atoms with Crippen molar-refractivity contribution in [2.45, 2.75) is 32.9 Å². The topological polar surface area (TPSA) is 47.4 Å². The summed E-state index contributed by atoms with van der Waals surface area (Å²) < 4.78 is 7.33. The first kappa shape index (κ1) is 17.0. The first-order valence-corrected chi connectivity index (χ1v) is 8.65. The minimum Gasteiger partial charge on any atom is -0.375 e. The van der Waals surface area contributed by atoms with Gasteiger partial charge < -0.3 is 9.64 Å². The normalized spacial score (nSPS) is 18.0. The number of carbonyl (C=O) groups excluding carboxylic acids is 1. The molecule has 24 heavy (non-hydrogen) atoms. The van der Waals surface area contributed by atoms with Gasteiger partial charge in [-0.05, 0) is 18.9 Å². The number of rotatable bonds is 4. The van der Waals surface area contributed by atoms with Gasteiger partial charge in [-0.25, -0.2) is 4.68 Å². The van der Waals surface area contributed by atoms with Crippen LogP contribution >= 0.6 is 11.6 Å². The Morgan fingerprint density at radius 3 is 2.83 bits per heavy atom. The fourth-order valence-electron chi connectivity index (χ4n) is 2.97. The van der Waals surface area contributed by atoms with Gasteiger partial charge in [-0.1, -0.05) is 48.9 Å². The maximum Gasteiger partial charge on any atom is 0.259 e. The average molecular weight is 348 g/mol. The molecule has 0 saturated carbocycles. The van der Waals surface area contributed by atoms with Gasteiger partial charge in [-0.2, -0.15) is 5.10 Å². The van der Waals surface area contributed by atoms with E-state index in [1.807, 2.05) is 42.2 Å². The second-order valence-electron chi connectivity index (χ2n) is 6.05. The van der Waals surface area contributed by atoms with Crippen molar-refractivity contribution in [3.05, 3.63) is 52.3 Å². The third kappa shape index (κ3) is 3.47. The summed E-state index contributed by atoms with van der Waals surface area (Å²) in [6, 6.07) is 9.96. The second kappa shape index (κ2) is 7.36. The SMILES string of the molecule is CCC1CN(C(=O)c2c(C)nn(Cc3ccccc3)c2Cl)CCO1. The molecule has 6 heteroatoms. The Morgan fingerprint density at radius 1 is 1.38 bits per heavy atom. The maximum absolute atomic E-state index is 12.9. The summed E-state index contributed by atoms with van der Waals surface area (Å²) in [6.45, 7) is 6.21. The number of nitrogens with zero attached hydrogens (tertiary/aromatic N) is 3. The number of carbonyl (C=O) groups is 1. The van der Waals surface area contributed by atoms with Crippen molar-refractivity contribution in [1.82, 2.24) is 14.7 Å². The minimum absolute atomic E-state index is 0.0569. The smallest absolute Gasteiger partial charge is 0.259 e. The highest BCUT2D eigenvalue weighted by Gasteiger charge is 2.29. The Morgan fingerprint density at radius 2 is 2.12 bits per heavy atom. The Hall–Kier alpha value is -1.85. The third-order valence-electron chi connectivity index (χ3n) is 4.34. The first-order chi connectivity index (χ1) is 11.6. The molecule has 1 aliphatic heterocycles. The summed E-state index contributed by atoms with van der Waals surface area (Å²) >= 11 is 6.49. The van der Waals surface area contributed by atoms with E-state index in [0.29, 0.717) is 42.7 Å². The lowest BCUT2D eigenvalue weighted by atomic mass is 10.1. The van der Waals surface area contributed by atoms with Crippen LogP contribution in [0.2, 0.25) is 5.15 Å². The van der Waals surface area contributed by atoms with Crippen LogP contribution in [0.4, 0.5) is 0 Å². The van der Waals surface area contributed by atoms with Crippen molar-refractivity contribution in [3.63, 3.8) is 0 Å². The van der Waals surface area contributed by atoms with E-state index in [9.17, 15) is 4.79 Å². The van der Waals surface area contributed by atoms with Crippen molar-refractivity contribution in [3.8, 4) is 0 Å². The molecule has 0 bridgehead atoms. The number of amides is 1. The van der Waals surface area contributed by atoms with Crippen LogP contribution in [-0.2, 0) is 11.3 Å². The largest absolute Gasteiger partial charge is 0.375 e. The molecule has 1 aromatic heterocycles. The van der Waals surface area contributed by atoms with Crippen molar-refractivity contribution >= 4 is 17.5 Å². The Bertz CT molecular complexity index is 715. The van der Waals surface area contributed by atoms with E-state index in [0.717, 1.165) is 12.0 Å². The summed E-state index contributed by atoms with van der Waals surface area (Å²) in [6.07, 6.45) is 0.991. The molecule has 0 aliphatic carbocycles. The molecule has 1 saturated heterocycles. The molecular formula is C18H22ClN3O2. The van der Waals surface area contributed by atoms with E-state index in [-0.39, 0.29) is 12.0 Å². The summed E-state index contributed by atoms with van der Waals surface area (Å²) in [5.74, 6) is -0.0569. The lowest BCUT2D eigenvalue weighted by molar-refractivity contribution is -0.0226. The molecule has 128 valence electrons. The molecule has 1 aromatic carbocycles. The van der Waals surface area contributed by atoms with Crippen LogP contribution in [0.15, 0.2) is 30.3 Å². The van der Waals surface area contributed by atoms with E-state index in [1.54, 1.807) is 4.68 Å². The van der Waals surface area contributed by atoms with Crippen molar-refractivity contribution in [1.29, 1.82) is 0 Å². The van der Waals surface area contributed by atoms with Gasteiger partial charge in [0.2, 0.25) is 0 Å². The van der Waals surface area contributed by atoms with Gasteiger partial charge in [0, 0.05) is 13.1 Å². The van der Waals surface area contributed by atoms with Gasteiger partial charge >= 0.3 is 0 Å². The van der Waals surface area contributed by atoms with E-state index >= 15 is 0 Å². The van der Waals surface area contributed by atoms with E-state index < -0.39 is 0 Å². The maximum atomic E-state index is 12.9. The van der Waals surface area contributed by atoms with Gasteiger partial charge in [0.25, 0.3) is 5.91 Å². The molecular weight excluding hydrogens is 326 g/mol. The molecule has 3 rings (SSSR count). The minimum atomic E-state index is -0.0569. The number of hydrogen-bond donors (Lipinski definition) is 0. The number of ether oxygens (including phenoxy) is 1. The molecule has 2 aromatic rings. The second-order valence-corrected chi connectivity index (χ2v) is 6.40. The summed E-state index contributed by atoms with van der Waals surface area (Å²) in [7, 11) is 0. The summed E-state index contributed by atoms with van der Waals surface area (Å²) in [5.41, 5.74) is 2.27. The molecule has 5 nitrogen and oxygen atoms in total. The van der Waals surface area contributed by atoms with Crippen LogP contribution in [0, 0.1) is 6.92 Å². The van der Waals surface area contributed by atoms with Crippen LogP contribution in [0.3, 0.4) is 0 Å². The number of morpholine rings is 1. The number of aromatic nitrogens is 2. The van der Waals surface area contributed by atoms with Crippen LogP contribution in [0.1, 0.15) is 35.0 Å². The number of benzene rings is 1. The first-order valence-electron chi connectivity index (χ1n) is 8.27. The lowest BCUT2D eigenvalue weighted by Gasteiger charge is -2.32. The zero-order valence-corrected chi connectivity index (χ0v) is 14.8. The predicted octanol–water partition coefficient (Wildman–Crippen LogP) is 3.14. The molecule has 0 spiro atoms. The molecule has 1 amide bonds. The molecule has 1 aliphatic rings. The van der Waals surface area contributed by atoms with Crippen molar-refractivity contribution in [2.24, 2.45) is 0 Å². The zero-order chi connectivity index (χ0) is 17.1. The fourth-order valence-corrected chi connectivity index (χ4v) is 3.28. The molecule has 1 unspecified atom stereocenters. The zero-order valence-electron chi connectivity index (χ0n) is 14.0. The highest BCUT2D eigenvalue weighted by Crippen LogP contribution is 2.24. The van der Waals surface area contributed by atoms with Gasteiger partial charge in [-0.15, -0.1) is 0 Å². The summed E-state index contributed by atoms with van der Waals surface area (Å²) in [4.78, 5) is 14.7. The van der Waals surface area contributed by atoms with E-state index in [1.165, 1.54) is 0 Å². The van der Waals surface area contributed by atoms with Gasteiger partial charge in [-0.3, -0.25) is 4.79 Å². The van der Waals surface area contributed by atoms with Crippen molar-refractivity contribution < 1.29 is 9.53 Å². The lowest BCUT2D eigenvalue weighted by Crippen LogP contribution is -2.45. The fraction of sp³-hybridized carbons (Fsp3) is 0.444. The molecule has 0 N–H and O–H groups in total. The molecule has 0 radical (unpaired) electrons. The van der Waals surface area contributed by atoms with Gasteiger partial charge in [0.15, 0.2) is 0 Å². The van der Waals surface area contributed by atoms with Crippen LogP contribution in [-0.4, -0.2) is 46.4 Å². The summed E-state index contributed by atoms with van der Waals surface area (Å²) in [5, 5.41) is 4.87. The Balaban J connectivity index is 1.82. The van der Waals surface area contributed by atoms with E-state index in [2.05, 4.69) is 12.0 Å². The number of halogens is 1. The van der Waals surface area contributed by atoms with Gasteiger partial charge in [0.05, 0.1) is 30.5 Å². The molecule has 1 atom stereocenters. The van der Waals surface area contributed by atoms with Crippen LogP contribution in [0.5, 0.6) is 0 Å². The quantitative estimate of drug-likeness (QED) is 0.853. The standard InChI is InChI=1S/C18H22ClN3O2/c1-3-15-12-21(9-10-24-15)18(23)16-13(2)20-22(17(16)19)11-14-7-5-4-6-8-14/h4-8,15H,3,9-12H2,1-2H3. The third-order valence-corrected chi connectivity index (χ3v) is 4.72. The molecule has 2 heterocycles. The van der Waals surface area contributed by atoms with Crippen LogP contribution < -0.4 is 0 Å². The van der Waals surface area contributed by atoms with Gasteiger partial charge in [0.1, 0.15) is 5.15 Å². The highest BCUT2D eigenvalue weighted by molar-refractivity contribution is 6.33.